The molecule has 0 spiro atoms. The Balaban J connectivity index is 0. The maximum Gasteiger partial charge on any atom is 0.340 e. The summed E-state index contributed by atoms with van der Waals surface area (Å²) in [4.78, 5) is 24.9. The van der Waals surface area contributed by atoms with Crippen molar-refractivity contribution in [1.29, 1.82) is 0 Å². The van der Waals surface area contributed by atoms with Crippen LogP contribution in [0.25, 0.3) is 4.85 Å². The van der Waals surface area contributed by atoms with Crippen molar-refractivity contribution in [3.63, 3.8) is 0 Å². The number of esters is 2. The second-order valence-electron chi connectivity index (χ2n) is 2.65. The average molecular weight is 303 g/mol. The van der Waals surface area contributed by atoms with Crippen LogP contribution in [0.1, 0.15) is 13.8 Å². The molecule has 0 bridgehead atoms. The van der Waals surface area contributed by atoms with Crippen LogP contribution in [-0.4, -0.2) is 30.3 Å². The van der Waals surface area contributed by atoms with Crippen LogP contribution in [0.2, 0.25) is 0 Å². The molecule has 0 aliphatic carbocycles. The molecular formula is C11H13CuNO5. The van der Waals surface area contributed by atoms with Crippen molar-refractivity contribution in [3.05, 3.63) is 35.0 Å². The van der Waals surface area contributed by atoms with Crippen LogP contribution >= 0.6 is 0 Å². The summed E-state index contributed by atoms with van der Waals surface area (Å²) in [5.74, 6) is -2.24. The number of aliphatic hydroxyl groups is 1. The Bertz CT molecular complexity index is 395. The quantitative estimate of drug-likeness (QED) is 0.207. The number of aliphatic hydroxyl groups excluding tert-OH is 1. The molecule has 1 N–H and O–H groups in total. The molecule has 0 atom stereocenters. The molecule has 7 heteroatoms. The van der Waals surface area contributed by atoms with Crippen LogP contribution in [0, 0.1) is 6.57 Å². The van der Waals surface area contributed by atoms with E-state index in [9.17, 15) is 14.7 Å². The van der Waals surface area contributed by atoms with E-state index in [2.05, 4.69) is 14.3 Å². The molecule has 0 aromatic carbocycles. The van der Waals surface area contributed by atoms with E-state index in [0.29, 0.717) is 0 Å². The standard InChI is InChI=1S/C11H13NO5.Cu/c1-4-16-9(14)7-6-8(13)10(12-3)11(15)17-5-2;/h6-7,13H,4-5H2,1-2H3;/b7-6+,10-8+;. The van der Waals surface area contributed by atoms with Crippen molar-refractivity contribution in [3.8, 4) is 0 Å². The fraction of sp³-hybridized carbons (Fsp3) is 0.364. The first-order valence-electron chi connectivity index (χ1n) is 4.89. The number of hydrogen-bond acceptors (Lipinski definition) is 5. The number of rotatable bonds is 5. The van der Waals surface area contributed by atoms with E-state index in [4.69, 9.17) is 6.57 Å². The molecule has 0 aliphatic rings. The topological polar surface area (TPSA) is 77.2 Å². The van der Waals surface area contributed by atoms with E-state index in [0.717, 1.165) is 12.2 Å². The zero-order chi connectivity index (χ0) is 13.3. The molecule has 18 heavy (non-hydrogen) atoms. The van der Waals surface area contributed by atoms with Gasteiger partial charge in [0.25, 0.3) is 0 Å². The van der Waals surface area contributed by atoms with E-state index in [1.54, 1.807) is 13.8 Å². The normalized spacial score (nSPS) is 10.9. The maximum absolute atomic E-state index is 11.2. The molecule has 0 aliphatic heterocycles. The Labute approximate surface area is 116 Å². The van der Waals surface area contributed by atoms with Gasteiger partial charge in [-0.3, -0.25) is 4.79 Å². The molecule has 0 amide bonds. The van der Waals surface area contributed by atoms with Gasteiger partial charge in [0.1, 0.15) is 5.76 Å². The van der Waals surface area contributed by atoms with Crippen molar-refractivity contribution in [1.82, 2.24) is 0 Å². The zero-order valence-electron chi connectivity index (χ0n) is 9.90. The van der Waals surface area contributed by atoms with Crippen molar-refractivity contribution < 1.29 is 41.2 Å². The van der Waals surface area contributed by atoms with Crippen molar-refractivity contribution in [2.75, 3.05) is 13.2 Å². The summed E-state index contributed by atoms with van der Waals surface area (Å²) >= 11 is 0. The van der Waals surface area contributed by atoms with Crippen LogP contribution in [0.4, 0.5) is 0 Å². The van der Waals surface area contributed by atoms with Gasteiger partial charge in [-0.2, -0.15) is 0 Å². The summed E-state index contributed by atoms with van der Waals surface area (Å²) in [5, 5.41) is 9.39. The van der Waals surface area contributed by atoms with E-state index in [1.165, 1.54) is 0 Å². The van der Waals surface area contributed by atoms with Crippen LogP contribution in [0.15, 0.2) is 23.6 Å². The molecule has 6 nitrogen and oxygen atoms in total. The van der Waals surface area contributed by atoms with Gasteiger partial charge in [0.2, 0.25) is 0 Å². The van der Waals surface area contributed by atoms with Gasteiger partial charge in [-0.05, 0) is 19.9 Å². The molecule has 0 unspecified atom stereocenters. The summed E-state index contributed by atoms with van der Waals surface area (Å²) in [6.45, 7) is 10.2. The second-order valence-corrected chi connectivity index (χ2v) is 2.65. The number of hydrogen-bond donors (Lipinski definition) is 1. The van der Waals surface area contributed by atoms with Gasteiger partial charge in [0, 0.05) is 23.1 Å². The van der Waals surface area contributed by atoms with Gasteiger partial charge < -0.3 is 14.6 Å². The molecule has 0 aromatic heterocycles. The van der Waals surface area contributed by atoms with Crippen molar-refractivity contribution in [2.45, 2.75) is 13.8 Å². The molecule has 1 radical (unpaired) electrons. The summed E-state index contributed by atoms with van der Waals surface area (Å²) < 4.78 is 9.11. The minimum atomic E-state index is -0.937. The Morgan fingerprint density at radius 2 is 1.78 bits per heavy atom. The Hall–Kier alpha value is -1.77. The molecule has 0 rings (SSSR count). The van der Waals surface area contributed by atoms with Crippen LogP contribution < -0.4 is 0 Å². The largest absolute Gasteiger partial charge is 0.519 e. The molecular weight excluding hydrogens is 290 g/mol. The van der Waals surface area contributed by atoms with Crippen molar-refractivity contribution >= 4 is 11.9 Å². The third kappa shape index (κ3) is 6.74. The zero-order valence-corrected chi connectivity index (χ0v) is 10.8. The summed E-state index contributed by atoms with van der Waals surface area (Å²) in [7, 11) is 0. The monoisotopic (exact) mass is 302 g/mol. The second kappa shape index (κ2) is 10.4. The first kappa shape index (κ1) is 18.6. The van der Waals surface area contributed by atoms with Crippen LogP contribution in [0.5, 0.6) is 0 Å². The number of ether oxygens (including phenoxy) is 2. The van der Waals surface area contributed by atoms with E-state index < -0.39 is 23.4 Å². The molecule has 0 saturated carbocycles. The SMILES string of the molecule is [C-]#[N+]/C(C(=O)OCC)=C(O)\C=C\C(=O)OCC.[Cu]. The minimum Gasteiger partial charge on any atom is -0.519 e. The van der Waals surface area contributed by atoms with Crippen LogP contribution in [-0.2, 0) is 36.1 Å². The van der Waals surface area contributed by atoms with Crippen molar-refractivity contribution in [2.24, 2.45) is 0 Å². The van der Waals surface area contributed by atoms with E-state index >= 15 is 0 Å². The maximum atomic E-state index is 11.2. The van der Waals surface area contributed by atoms with Gasteiger partial charge in [0.15, 0.2) is 0 Å². The number of carbonyl (C=O) groups excluding carboxylic acids is 2. The average Bonchev–Trinajstić information content (AvgIpc) is 2.28. The third-order valence-corrected chi connectivity index (χ3v) is 1.49. The first-order valence-corrected chi connectivity index (χ1v) is 4.89. The summed E-state index contributed by atoms with van der Waals surface area (Å²) in [6, 6.07) is 0. The van der Waals surface area contributed by atoms with E-state index in [-0.39, 0.29) is 30.3 Å². The Kier molecular flexibility index (Phi) is 10.7. The molecule has 0 heterocycles. The van der Waals surface area contributed by atoms with Gasteiger partial charge in [0.05, 0.1) is 19.8 Å². The number of allylic oxidation sites excluding steroid dienone is 1. The Morgan fingerprint density at radius 3 is 2.22 bits per heavy atom. The summed E-state index contributed by atoms with van der Waals surface area (Å²) in [6.07, 6.45) is 1.84. The van der Waals surface area contributed by atoms with Crippen LogP contribution in [0.3, 0.4) is 0 Å². The first-order chi connectivity index (χ1) is 8.06. The van der Waals surface area contributed by atoms with Gasteiger partial charge in [-0.15, -0.1) is 0 Å². The molecule has 0 aromatic rings. The molecule has 0 fully saturated rings. The van der Waals surface area contributed by atoms with Gasteiger partial charge in [-0.25, -0.2) is 9.64 Å². The molecule has 103 valence electrons. The third-order valence-electron chi connectivity index (χ3n) is 1.49. The number of nitrogens with zero attached hydrogens (tertiary/aromatic N) is 1. The smallest absolute Gasteiger partial charge is 0.340 e. The fourth-order valence-corrected chi connectivity index (χ4v) is 0.823. The number of carbonyl (C=O) groups is 2. The van der Waals surface area contributed by atoms with Gasteiger partial charge in [-0.1, -0.05) is 0 Å². The molecule has 0 saturated heterocycles. The van der Waals surface area contributed by atoms with Gasteiger partial charge >= 0.3 is 17.6 Å². The van der Waals surface area contributed by atoms with E-state index in [1.807, 2.05) is 0 Å². The fourth-order valence-electron chi connectivity index (χ4n) is 0.823. The Morgan fingerprint density at radius 1 is 1.22 bits per heavy atom. The minimum absolute atomic E-state index is 0. The summed E-state index contributed by atoms with van der Waals surface area (Å²) in [5.41, 5.74) is -0.576. The predicted molar refractivity (Wildman–Crippen MR) is 58.7 cm³/mol. The predicted octanol–water partition coefficient (Wildman–Crippen LogP) is 1.36.